The molecule has 0 amide bonds. The summed E-state index contributed by atoms with van der Waals surface area (Å²) in [4.78, 5) is 0. The highest BCUT2D eigenvalue weighted by Gasteiger charge is 2.05. The van der Waals surface area contributed by atoms with Crippen LogP contribution in [0.5, 0.6) is 0 Å². The second-order valence-corrected chi connectivity index (χ2v) is 4.59. The first-order valence-electron chi connectivity index (χ1n) is 6.59. The van der Waals surface area contributed by atoms with Crippen molar-refractivity contribution < 1.29 is 9.47 Å². The summed E-state index contributed by atoms with van der Waals surface area (Å²) in [6.45, 7) is 12.7. The molecule has 0 aromatic rings. The van der Waals surface area contributed by atoms with Gasteiger partial charge in [-0.3, -0.25) is 0 Å². The van der Waals surface area contributed by atoms with Crippen LogP contribution < -0.4 is 5.32 Å². The molecule has 0 saturated heterocycles. The van der Waals surface area contributed by atoms with E-state index in [0.29, 0.717) is 25.2 Å². The molecule has 0 saturated carbocycles. The molecule has 0 aromatic heterocycles. The minimum atomic E-state index is 0.500. The summed E-state index contributed by atoms with van der Waals surface area (Å²) in [5, 5.41) is 3.43. The first kappa shape index (κ1) is 15.9. The fourth-order valence-corrected chi connectivity index (χ4v) is 1.54. The maximum Gasteiger partial charge on any atom is 0.0701 e. The normalized spacial score (nSPS) is 13.3. The molecule has 0 aliphatic heterocycles. The van der Waals surface area contributed by atoms with E-state index < -0.39 is 0 Å². The predicted molar refractivity (Wildman–Crippen MR) is 68.8 cm³/mol. The van der Waals surface area contributed by atoms with Gasteiger partial charge < -0.3 is 14.8 Å². The van der Waals surface area contributed by atoms with Crippen molar-refractivity contribution in [1.82, 2.24) is 5.32 Å². The van der Waals surface area contributed by atoms with Gasteiger partial charge in [0.2, 0.25) is 0 Å². The standard InChI is InChI=1S/C13H29NO2/c1-5-7-13(14-6-2)11-16-9-8-15-10-12(3)4/h12-14H,5-11H2,1-4H3. The van der Waals surface area contributed by atoms with Gasteiger partial charge in [0, 0.05) is 12.6 Å². The van der Waals surface area contributed by atoms with Crippen LogP contribution in [0.1, 0.15) is 40.5 Å². The van der Waals surface area contributed by atoms with Crippen molar-refractivity contribution in [3.05, 3.63) is 0 Å². The summed E-state index contributed by atoms with van der Waals surface area (Å²) in [5.74, 6) is 0.606. The molecule has 0 aromatic carbocycles. The Balaban J connectivity index is 3.32. The quantitative estimate of drug-likeness (QED) is 0.554. The Kier molecular flexibility index (Phi) is 11.3. The average Bonchev–Trinajstić information content (AvgIpc) is 2.23. The highest BCUT2D eigenvalue weighted by molar-refractivity contribution is 4.63. The fraction of sp³-hybridized carbons (Fsp3) is 1.00. The molecule has 1 unspecified atom stereocenters. The van der Waals surface area contributed by atoms with Crippen LogP contribution in [0.15, 0.2) is 0 Å². The molecule has 0 heterocycles. The third kappa shape index (κ3) is 10.4. The molecule has 0 fully saturated rings. The molecule has 0 aliphatic rings. The van der Waals surface area contributed by atoms with Gasteiger partial charge in [-0.25, -0.2) is 0 Å². The highest BCUT2D eigenvalue weighted by Crippen LogP contribution is 1.97. The minimum Gasteiger partial charge on any atom is -0.379 e. The Hall–Kier alpha value is -0.120. The smallest absolute Gasteiger partial charge is 0.0701 e. The van der Waals surface area contributed by atoms with Gasteiger partial charge in [-0.15, -0.1) is 0 Å². The molecule has 1 N–H and O–H groups in total. The van der Waals surface area contributed by atoms with Crippen LogP contribution in [0, 0.1) is 5.92 Å². The molecule has 3 heteroatoms. The monoisotopic (exact) mass is 231 g/mol. The molecule has 0 radical (unpaired) electrons. The van der Waals surface area contributed by atoms with Crippen molar-refractivity contribution in [2.75, 3.05) is 33.0 Å². The molecule has 3 nitrogen and oxygen atoms in total. The average molecular weight is 231 g/mol. The van der Waals surface area contributed by atoms with E-state index in [9.17, 15) is 0 Å². The van der Waals surface area contributed by atoms with E-state index in [1.165, 1.54) is 12.8 Å². The lowest BCUT2D eigenvalue weighted by molar-refractivity contribution is 0.0297. The molecule has 98 valence electrons. The van der Waals surface area contributed by atoms with Crippen molar-refractivity contribution in [1.29, 1.82) is 0 Å². The lowest BCUT2D eigenvalue weighted by Crippen LogP contribution is -2.33. The van der Waals surface area contributed by atoms with Gasteiger partial charge in [-0.1, -0.05) is 34.1 Å². The Labute approximate surface area is 101 Å². The van der Waals surface area contributed by atoms with Gasteiger partial charge in [0.05, 0.1) is 19.8 Å². The second-order valence-electron chi connectivity index (χ2n) is 4.59. The van der Waals surface area contributed by atoms with Gasteiger partial charge in [0.1, 0.15) is 0 Å². The maximum atomic E-state index is 5.60. The van der Waals surface area contributed by atoms with Crippen LogP contribution in [0.2, 0.25) is 0 Å². The zero-order valence-corrected chi connectivity index (χ0v) is 11.4. The summed E-state index contributed by atoms with van der Waals surface area (Å²) in [6.07, 6.45) is 2.38. The van der Waals surface area contributed by atoms with E-state index in [1.54, 1.807) is 0 Å². The summed E-state index contributed by atoms with van der Waals surface area (Å²) in [5.41, 5.74) is 0. The lowest BCUT2D eigenvalue weighted by atomic mass is 10.2. The lowest BCUT2D eigenvalue weighted by Gasteiger charge is -2.17. The fourth-order valence-electron chi connectivity index (χ4n) is 1.54. The SMILES string of the molecule is CCCC(COCCOCC(C)C)NCC. The van der Waals surface area contributed by atoms with E-state index >= 15 is 0 Å². The summed E-state index contributed by atoms with van der Waals surface area (Å²) < 4.78 is 11.0. The van der Waals surface area contributed by atoms with Crippen LogP contribution in [0.4, 0.5) is 0 Å². The van der Waals surface area contributed by atoms with Crippen molar-refractivity contribution in [2.24, 2.45) is 5.92 Å². The molecule has 16 heavy (non-hydrogen) atoms. The van der Waals surface area contributed by atoms with E-state index in [-0.39, 0.29) is 0 Å². The van der Waals surface area contributed by atoms with E-state index in [4.69, 9.17) is 9.47 Å². The van der Waals surface area contributed by atoms with Crippen LogP contribution in [-0.4, -0.2) is 39.0 Å². The number of rotatable bonds is 11. The van der Waals surface area contributed by atoms with Crippen LogP contribution in [-0.2, 0) is 9.47 Å². The Morgan fingerprint density at radius 2 is 1.62 bits per heavy atom. The van der Waals surface area contributed by atoms with Crippen molar-refractivity contribution >= 4 is 0 Å². The summed E-state index contributed by atoms with van der Waals surface area (Å²) >= 11 is 0. The van der Waals surface area contributed by atoms with Crippen LogP contribution in [0.3, 0.4) is 0 Å². The Bertz CT molecular complexity index is 134. The molecule has 0 bridgehead atoms. The summed E-state index contributed by atoms with van der Waals surface area (Å²) in [7, 11) is 0. The van der Waals surface area contributed by atoms with E-state index in [2.05, 4.69) is 33.0 Å². The molecule has 0 spiro atoms. The highest BCUT2D eigenvalue weighted by atomic mass is 16.5. The van der Waals surface area contributed by atoms with Gasteiger partial charge in [-0.2, -0.15) is 0 Å². The molecular formula is C13H29NO2. The number of hydrogen-bond donors (Lipinski definition) is 1. The summed E-state index contributed by atoms with van der Waals surface area (Å²) in [6, 6.07) is 0.500. The molecular weight excluding hydrogens is 202 g/mol. The molecule has 0 rings (SSSR count). The predicted octanol–water partition coefficient (Wildman–Crippen LogP) is 2.45. The maximum absolute atomic E-state index is 5.60. The van der Waals surface area contributed by atoms with Crippen molar-refractivity contribution in [3.8, 4) is 0 Å². The van der Waals surface area contributed by atoms with Crippen molar-refractivity contribution in [3.63, 3.8) is 0 Å². The molecule has 0 aliphatic carbocycles. The number of nitrogens with one attached hydrogen (secondary N) is 1. The molecule has 1 atom stereocenters. The number of ether oxygens (including phenoxy) is 2. The van der Waals surface area contributed by atoms with Crippen LogP contribution in [0.25, 0.3) is 0 Å². The first-order chi connectivity index (χ1) is 7.70. The zero-order chi connectivity index (χ0) is 12.2. The van der Waals surface area contributed by atoms with Gasteiger partial charge >= 0.3 is 0 Å². The topological polar surface area (TPSA) is 30.5 Å². The van der Waals surface area contributed by atoms with E-state index in [1.807, 2.05) is 0 Å². The van der Waals surface area contributed by atoms with E-state index in [0.717, 1.165) is 19.8 Å². The first-order valence-corrected chi connectivity index (χ1v) is 6.59. The number of likely N-dealkylation sites (N-methyl/N-ethyl adjacent to an activating group) is 1. The van der Waals surface area contributed by atoms with Gasteiger partial charge in [0.15, 0.2) is 0 Å². The Morgan fingerprint density at radius 3 is 2.12 bits per heavy atom. The van der Waals surface area contributed by atoms with Crippen molar-refractivity contribution in [2.45, 2.75) is 46.6 Å². The third-order valence-corrected chi connectivity index (χ3v) is 2.27. The number of hydrogen-bond acceptors (Lipinski definition) is 3. The zero-order valence-electron chi connectivity index (χ0n) is 11.4. The van der Waals surface area contributed by atoms with Gasteiger partial charge in [-0.05, 0) is 18.9 Å². The van der Waals surface area contributed by atoms with Gasteiger partial charge in [0.25, 0.3) is 0 Å². The second kappa shape index (κ2) is 11.4. The third-order valence-electron chi connectivity index (χ3n) is 2.27. The Morgan fingerprint density at radius 1 is 1.00 bits per heavy atom. The largest absolute Gasteiger partial charge is 0.379 e. The minimum absolute atomic E-state index is 0.500. The van der Waals surface area contributed by atoms with Crippen LogP contribution >= 0.6 is 0 Å².